The molecule has 2 heterocycles. The Labute approximate surface area is 259 Å². The molecular formula is C41H26N4. The molecule has 0 aliphatic rings. The van der Waals surface area contributed by atoms with E-state index < -0.39 is 0 Å². The van der Waals surface area contributed by atoms with Crippen LogP contribution in [0.15, 0.2) is 158 Å². The van der Waals surface area contributed by atoms with E-state index in [-0.39, 0.29) is 0 Å². The average Bonchev–Trinajstić information content (AvgIpc) is 3.46. The number of aromatic nitrogens is 4. The Kier molecular flexibility index (Phi) is 5.78. The van der Waals surface area contributed by atoms with Crippen LogP contribution in [-0.2, 0) is 0 Å². The maximum Gasteiger partial charge on any atom is 0.238 e. The SMILES string of the molecule is c1ccc(-c2cccc(-c3nc(-c4cccc5ccccc45)nc(-n4c5ccccc5c5c6ccccc6ccc54)n3)c2)cc1. The Hall–Kier alpha value is -6.13. The van der Waals surface area contributed by atoms with Crippen LogP contribution in [0.2, 0.25) is 0 Å². The highest BCUT2D eigenvalue weighted by molar-refractivity contribution is 6.21. The van der Waals surface area contributed by atoms with Crippen LogP contribution >= 0.6 is 0 Å². The first-order chi connectivity index (χ1) is 22.3. The smallest absolute Gasteiger partial charge is 0.238 e. The molecule has 0 bridgehead atoms. The Morgan fingerprint density at radius 3 is 1.87 bits per heavy atom. The molecule has 0 amide bonds. The van der Waals surface area contributed by atoms with Crippen molar-refractivity contribution in [1.82, 2.24) is 19.5 Å². The van der Waals surface area contributed by atoms with Crippen molar-refractivity contribution in [2.45, 2.75) is 0 Å². The third-order valence-electron chi connectivity index (χ3n) is 8.64. The normalized spacial score (nSPS) is 11.6. The van der Waals surface area contributed by atoms with Crippen molar-refractivity contribution in [3.05, 3.63) is 158 Å². The third kappa shape index (κ3) is 4.19. The first-order valence-electron chi connectivity index (χ1n) is 15.1. The van der Waals surface area contributed by atoms with E-state index in [0.29, 0.717) is 17.6 Å². The maximum absolute atomic E-state index is 5.22. The summed E-state index contributed by atoms with van der Waals surface area (Å²) in [5.74, 6) is 1.87. The molecule has 7 aromatic carbocycles. The Balaban J connectivity index is 1.36. The Morgan fingerprint density at radius 1 is 0.378 bits per heavy atom. The molecule has 4 heteroatoms. The zero-order valence-corrected chi connectivity index (χ0v) is 24.3. The van der Waals surface area contributed by atoms with Gasteiger partial charge in [0.05, 0.1) is 11.0 Å². The molecule has 0 unspecified atom stereocenters. The molecule has 0 spiro atoms. The van der Waals surface area contributed by atoms with Gasteiger partial charge in [0.15, 0.2) is 11.6 Å². The van der Waals surface area contributed by atoms with Crippen molar-refractivity contribution in [3.63, 3.8) is 0 Å². The second kappa shape index (κ2) is 10.2. The second-order valence-corrected chi connectivity index (χ2v) is 11.3. The minimum Gasteiger partial charge on any atom is -0.278 e. The van der Waals surface area contributed by atoms with Crippen molar-refractivity contribution in [1.29, 1.82) is 0 Å². The van der Waals surface area contributed by atoms with E-state index in [9.17, 15) is 0 Å². The van der Waals surface area contributed by atoms with Crippen molar-refractivity contribution in [3.8, 4) is 39.9 Å². The number of para-hydroxylation sites is 1. The highest BCUT2D eigenvalue weighted by atomic mass is 15.2. The molecule has 0 fully saturated rings. The summed E-state index contributed by atoms with van der Waals surface area (Å²) >= 11 is 0. The van der Waals surface area contributed by atoms with Gasteiger partial charge in [-0.3, -0.25) is 4.57 Å². The summed E-state index contributed by atoms with van der Waals surface area (Å²) in [7, 11) is 0. The number of nitrogens with zero attached hydrogens (tertiary/aromatic N) is 4. The fourth-order valence-corrected chi connectivity index (χ4v) is 6.56. The minimum atomic E-state index is 0.592. The summed E-state index contributed by atoms with van der Waals surface area (Å²) in [5.41, 5.74) is 6.30. The minimum absolute atomic E-state index is 0.592. The first-order valence-corrected chi connectivity index (χ1v) is 15.1. The van der Waals surface area contributed by atoms with Crippen LogP contribution in [0.3, 0.4) is 0 Å². The topological polar surface area (TPSA) is 43.6 Å². The van der Waals surface area contributed by atoms with Crippen LogP contribution in [0.25, 0.3) is 83.2 Å². The summed E-state index contributed by atoms with van der Waals surface area (Å²) in [5, 5.41) is 7.04. The number of hydrogen-bond donors (Lipinski definition) is 0. The van der Waals surface area contributed by atoms with Crippen LogP contribution in [0.1, 0.15) is 0 Å². The van der Waals surface area contributed by atoms with E-state index in [1.165, 1.54) is 21.5 Å². The summed E-state index contributed by atoms with van der Waals surface area (Å²) in [6.45, 7) is 0. The Bertz CT molecular complexity index is 2540. The van der Waals surface area contributed by atoms with Gasteiger partial charge >= 0.3 is 0 Å². The molecule has 4 nitrogen and oxygen atoms in total. The lowest BCUT2D eigenvalue weighted by Gasteiger charge is -2.13. The van der Waals surface area contributed by atoms with Gasteiger partial charge in [-0.05, 0) is 50.9 Å². The van der Waals surface area contributed by atoms with Gasteiger partial charge in [-0.25, -0.2) is 4.98 Å². The largest absolute Gasteiger partial charge is 0.278 e. The third-order valence-corrected chi connectivity index (χ3v) is 8.64. The van der Waals surface area contributed by atoms with Gasteiger partial charge in [0.25, 0.3) is 0 Å². The summed E-state index contributed by atoms with van der Waals surface area (Å²) in [4.78, 5) is 15.6. The van der Waals surface area contributed by atoms with E-state index in [2.05, 4.69) is 156 Å². The van der Waals surface area contributed by atoms with Crippen LogP contribution in [0, 0.1) is 0 Å². The lowest BCUT2D eigenvalue weighted by Crippen LogP contribution is -2.06. The molecule has 9 aromatic rings. The lowest BCUT2D eigenvalue weighted by molar-refractivity contribution is 0.954. The fourth-order valence-electron chi connectivity index (χ4n) is 6.56. The lowest BCUT2D eigenvalue weighted by atomic mass is 10.0. The van der Waals surface area contributed by atoms with E-state index in [1.807, 2.05) is 6.07 Å². The molecule has 0 aliphatic carbocycles. The molecule has 9 rings (SSSR count). The summed E-state index contributed by atoms with van der Waals surface area (Å²) in [6, 6.07) is 55.0. The Morgan fingerprint density at radius 2 is 1.00 bits per heavy atom. The van der Waals surface area contributed by atoms with Crippen molar-refractivity contribution < 1.29 is 0 Å². The highest BCUT2D eigenvalue weighted by Crippen LogP contribution is 2.37. The molecule has 0 saturated heterocycles. The van der Waals surface area contributed by atoms with Gasteiger partial charge in [-0.1, -0.05) is 140 Å². The number of hydrogen-bond acceptors (Lipinski definition) is 3. The van der Waals surface area contributed by atoms with Crippen LogP contribution in [0.4, 0.5) is 0 Å². The van der Waals surface area contributed by atoms with Crippen LogP contribution in [-0.4, -0.2) is 19.5 Å². The number of fused-ring (bicyclic) bond motifs is 6. The number of rotatable bonds is 4. The summed E-state index contributed by atoms with van der Waals surface area (Å²) < 4.78 is 2.19. The first kappa shape index (κ1) is 25.4. The monoisotopic (exact) mass is 574 g/mol. The van der Waals surface area contributed by atoms with Gasteiger partial charge in [0.2, 0.25) is 5.95 Å². The highest BCUT2D eigenvalue weighted by Gasteiger charge is 2.20. The molecule has 0 atom stereocenters. The molecule has 0 aliphatic heterocycles. The van der Waals surface area contributed by atoms with Crippen molar-refractivity contribution in [2.24, 2.45) is 0 Å². The summed E-state index contributed by atoms with van der Waals surface area (Å²) in [6.07, 6.45) is 0. The predicted octanol–water partition coefficient (Wildman–Crippen LogP) is 10.3. The van der Waals surface area contributed by atoms with Crippen molar-refractivity contribution >= 4 is 43.4 Å². The van der Waals surface area contributed by atoms with Gasteiger partial charge in [0.1, 0.15) is 0 Å². The molecule has 0 N–H and O–H groups in total. The average molecular weight is 575 g/mol. The fraction of sp³-hybridized carbons (Fsp3) is 0. The van der Waals surface area contributed by atoms with Gasteiger partial charge in [0, 0.05) is 21.9 Å². The predicted molar refractivity (Wildman–Crippen MR) is 185 cm³/mol. The van der Waals surface area contributed by atoms with E-state index in [1.54, 1.807) is 0 Å². The number of benzene rings is 7. The van der Waals surface area contributed by atoms with Crippen LogP contribution in [0.5, 0.6) is 0 Å². The molecule has 2 aromatic heterocycles. The molecule has 0 radical (unpaired) electrons. The quantitative estimate of drug-likeness (QED) is 0.210. The van der Waals surface area contributed by atoms with Crippen LogP contribution < -0.4 is 0 Å². The molecule has 45 heavy (non-hydrogen) atoms. The van der Waals surface area contributed by atoms with E-state index in [4.69, 9.17) is 15.0 Å². The maximum atomic E-state index is 5.22. The zero-order valence-electron chi connectivity index (χ0n) is 24.3. The van der Waals surface area contributed by atoms with Gasteiger partial charge in [-0.15, -0.1) is 0 Å². The zero-order chi connectivity index (χ0) is 29.7. The molecular weight excluding hydrogens is 548 g/mol. The van der Waals surface area contributed by atoms with Crippen molar-refractivity contribution in [2.75, 3.05) is 0 Å². The molecule has 210 valence electrons. The van der Waals surface area contributed by atoms with Gasteiger partial charge in [-0.2, -0.15) is 9.97 Å². The standard InChI is InChI=1S/C41H26N4/c1-2-12-27(13-3-1)30-17-10-18-31(26-30)39-42-40(34-22-11-16-28-14-4-6-19-32(28)34)44-41(43-39)45-36-23-9-8-21-35(36)38-33-20-7-5-15-29(33)24-25-37(38)45/h1-26H. The molecule has 0 saturated carbocycles. The second-order valence-electron chi connectivity index (χ2n) is 11.3. The van der Waals surface area contributed by atoms with E-state index >= 15 is 0 Å². The van der Waals surface area contributed by atoms with Gasteiger partial charge < -0.3 is 0 Å². The van der Waals surface area contributed by atoms with E-state index in [0.717, 1.165) is 44.1 Å².